The molecule has 0 atom stereocenters. The molecule has 0 radical (unpaired) electrons. The third-order valence-electron chi connectivity index (χ3n) is 3.32. The molecule has 0 amide bonds. The van der Waals surface area contributed by atoms with E-state index in [2.05, 4.69) is 15.1 Å². The fourth-order valence-electron chi connectivity index (χ4n) is 2.12. The van der Waals surface area contributed by atoms with Crippen LogP contribution in [0.2, 0.25) is 10.0 Å². The first-order valence-electron chi connectivity index (χ1n) is 6.59. The van der Waals surface area contributed by atoms with Crippen molar-refractivity contribution < 1.29 is 0 Å². The summed E-state index contributed by atoms with van der Waals surface area (Å²) in [6.45, 7) is 1.89. The molecule has 1 aromatic heterocycles. The van der Waals surface area contributed by atoms with E-state index in [0.29, 0.717) is 16.1 Å². The molecule has 2 N–H and O–H groups in total. The molecular weight excluding hydrogens is 347 g/mol. The van der Waals surface area contributed by atoms with Crippen molar-refractivity contribution in [1.29, 1.82) is 0 Å². The van der Waals surface area contributed by atoms with E-state index in [1.807, 2.05) is 12.1 Å². The lowest BCUT2D eigenvalue weighted by Crippen LogP contribution is -2.39. The van der Waals surface area contributed by atoms with E-state index in [4.69, 9.17) is 28.9 Å². The van der Waals surface area contributed by atoms with Crippen LogP contribution in [0.4, 0.5) is 5.13 Å². The van der Waals surface area contributed by atoms with E-state index in [1.165, 1.54) is 11.8 Å². The summed E-state index contributed by atoms with van der Waals surface area (Å²) in [5.74, 6) is 0. The van der Waals surface area contributed by atoms with Crippen molar-refractivity contribution in [2.45, 2.75) is 28.1 Å². The Morgan fingerprint density at radius 3 is 2.76 bits per heavy atom. The second-order valence-corrected chi connectivity index (χ2v) is 7.86. The number of benzene rings is 1. The van der Waals surface area contributed by atoms with Crippen LogP contribution in [0, 0.1) is 0 Å². The first kappa shape index (κ1) is 15.4. The summed E-state index contributed by atoms with van der Waals surface area (Å²) in [5, 5.41) is 10.6. The molecule has 8 heteroatoms. The zero-order chi connectivity index (χ0) is 14.8. The summed E-state index contributed by atoms with van der Waals surface area (Å²) >= 11 is 15.3. The molecular formula is C13H14Cl2N4S2. The molecule has 1 fully saturated rings. The van der Waals surface area contributed by atoms with E-state index in [-0.39, 0.29) is 0 Å². The van der Waals surface area contributed by atoms with Gasteiger partial charge in [0, 0.05) is 24.0 Å². The Morgan fingerprint density at radius 2 is 2.00 bits per heavy atom. The van der Waals surface area contributed by atoms with Gasteiger partial charge < -0.3 is 10.6 Å². The van der Waals surface area contributed by atoms with Gasteiger partial charge in [0.05, 0.1) is 10.0 Å². The summed E-state index contributed by atoms with van der Waals surface area (Å²) in [6.07, 6.45) is 2.00. The van der Waals surface area contributed by atoms with E-state index >= 15 is 0 Å². The maximum atomic E-state index is 6.19. The van der Waals surface area contributed by atoms with E-state index in [9.17, 15) is 0 Å². The number of nitrogens with zero attached hydrogens (tertiary/aromatic N) is 3. The summed E-state index contributed by atoms with van der Waals surface area (Å²) in [5.41, 5.74) is 5.92. The Labute approximate surface area is 141 Å². The molecule has 1 aliphatic heterocycles. The van der Waals surface area contributed by atoms with Gasteiger partial charge in [-0.3, -0.25) is 0 Å². The van der Waals surface area contributed by atoms with Crippen molar-refractivity contribution in [3.8, 4) is 0 Å². The molecule has 0 saturated carbocycles. The van der Waals surface area contributed by atoms with Crippen LogP contribution in [0.1, 0.15) is 12.8 Å². The van der Waals surface area contributed by atoms with Crippen molar-refractivity contribution in [2.75, 3.05) is 18.0 Å². The minimum absolute atomic E-state index is 0.313. The molecule has 21 heavy (non-hydrogen) atoms. The summed E-state index contributed by atoms with van der Waals surface area (Å²) in [7, 11) is 0. The van der Waals surface area contributed by atoms with Crippen LogP contribution in [0.5, 0.6) is 0 Å². The van der Waals surface area contributed by atoms with Crippen LogP contribution in [0.15, 0.2) is 27.4 Å². The molecule has 2 heterocycles. The molecule has 4 nitrogen and oxygen atoms in total. The first-order valence-corrected chi connectivity index (χ1v) is 8.98. The number of hydrogen-bond acceptors (Lipinski definition) is 6. The highest BCUT2D eigenvalue weighted by atomic mass is 35.5. The van der Waals surface area contributed by atoms with Crippen LogP contribution in [-0.2, 0) is 0 Å². The van der Waals surface area contributed by atoms with Gasteiger partial charge in [0.25, 0.3) is 0 Å². The maximum absolute atomic E-state index is 6.19. The SMILES string of the molecule is NC1CCN(c2nnc(Sc3cccc(Cl)c3Cl)s2)CC1. The maximum Gasteiger partial charge on any atom is 0.209 e. The molecule has 0 aliphatic carbocycles. The fraction of sp³-hybridized carbons (Fsp3) is 0.385. The average Bonchev–Trinajstić information content (AvgIpc) is 2.93. The van der Waals surface area contributed by atoms with E-state index in [0.717, 1.165) is 40.3 Å². The lowest BCUT2D eigenvalue weighted by Gasteiger charge is -2.29. The Balaban J connectivity index is 1.72. The number of rotatable bonds is 3. The van der Waals surface area contributed by atoms with Crippen molar-refractivity contribution in [3.05, 3.63) is 28.2 Å². The Bertz CT molecular complexity index is 626. The molecule has 1 aromatic carbocycles. The highest BCUT2D eigenvalue weighted by Crippen LogP contribution is 2.39. The van der Waals surface area contributed by atoms with Gasteiger partial charge in [-0.2, -0.15) is 0 Å². The van der Waals surface area contributed by atoms with Gasteiger partial charge in [0.1, 0.15) is 0 Å². The van der Waals surface area contributed by atoms with Crippen molar-refractivity contribution in [1.82, 2.24) is 10.2 Å². The van der Waals surface area contributed by atoms with E-state index < -0.39 is 0 Å². The van der Waals surface area contributed by atoms with Gasteiger partial charge in [-0.15, -0.1) is 10.2 Å². The molecule has 112 valence electrons. The number of aromatic nitrogens is 2. The molecule has 1 saturated heterocycles. The van der Waals surface area contributed by atoms with Gasteiger partial charge >= 0.3 is 0 Å². The quantitative estimate of drug-likeness (QED) is 0.898. The van der Waals surface area contributed by atoms with Crippen LogP contribution in [-0.4, -0.2) is 29.3 Å². The number of anilines is 1. The van der Waals surface area contributed by atoms with Crippen LogP contribution >= 0.6 is 46.3 Å². The Morgan fingerprint density at radius 1 is 1.24 bits per heavy atom. The first-order chi connectivity index (χ1) is 10.1. The standard InChI is InChI=1S/C13H14Cl2N4S2/c14-9-2-1-3-10(11(9)15)20-13-18-17-12(21-13)19-6-4-8(16)5-7-19/h1-3,8H,4-7,16H2. The number of piperidine rings is 1. The Hall–Kier alpha value is -0.530. The lowest BCUT2D eigenvalue weighted by atomic mass is 10.1. The normalized spacial score (nSPS) is 16.4. The summed E-state index contributed by atoms with van der Waals surface area (Å²) in [4.78, 5) is 3.14. The monoisotopic (exact) mass is 360 g/mol. The minimum Gasteiger partial charge on any atom is -0.347 e. The van der Waals surface area contributed by atoms with Gasteiger partial charge in [-0.1, -0.05) is 52.4 Å². The minimum atomic E-state index is 0.313. The lowest BCUT2D eigenvalue weighted by molar-refractivity contribution is 0.500. The predicted molar refractivity (Wildman–Crippen MR) is 89.9 cm³/mol. The van der Waals surface area contributed by atoms with Gasteiger partial charge in [-0.25, -0.2) is 0 Å². The smallest absolute Gasteiger partial charge is 0.209 e. The summed E-state index contributed by atoms with van der Waals surface area (Å²) < 4.78 is 0.865. The largest absolute Gasteiger partial charge is 0.347 e. The predicted octanol–water partition coefficient (Wildman–Crippen LogP) is 3.92. The van der Waals surface area contributed by atoms with Crippen molar-refractivity contribution in [3.63, 3.8) is 0 Å². The molecule has 1 aliphatic rings. The number of hydrogen-bond donors (Lipinski definition) is 1. The zero-order valence-electron chi connectivity index (χ0n) is 11.1. The van der Waals surface area contributed by atoms with Crippen LogP contribution in [0.25, 0.3) is 0 Å². The third-order valence-corrected chi connectivity index (χ3v) is 6.35. The van der Waals surface area contributed by atoms with E-state index in [1.54, 1.807) is 17.4 Å². The zero-order valence-corrected chi connectivity index (χ0v) is 14.3. The molecule has 0 bridgehead atoms. The van der Waals surface area contributed by atoms with Crippen LogP contribution < -0.4 is 10.6 Å². The second kappa shape index (κ2) is 6.71. The van der Waals surface area contributed by atoms with Gasteiger partial charge in [0.15, 0.2) is 4.34 Å². The molecule has 2 aromatic rings. The molecule has 3 rings (SSSR count). The summed E-state index contributed by atoms with van der Waals surface area (Å²) in [6, 6.07) is 5.90. The highest BCUT2D eigenvalue weighted by molar-refractivity contribution is 8.01. The van der Waals surface area contributed by atoms with Gasteiger partial charge in [0.2, 0.25) is 5.13 Å². The third kappa shape index (κ3) is 3.63. The number of halogens is 2. The highest BCUT2D eigenvalue weighted by Gasteiger charge is 2.20. The molecule has 0 unspecified atom stereocenters. The molecule has 0 spiro atoms. The van der Waals surface area contributed by atoms with Crippen LogP contribution in [0.3, 0.4) is 0 Å². The fourth-order valence-corrected chi connectivity index (χ4v) is 4.50. The topological polar surface area (TPSA) is 55.0 Å². The van der Waals surface area contributed by atoms with Crippen molar-refractivity contribution >= 4 is 51.4 Å². The van der Waals surface area contributed by atoms with Gasteiger partial charge in [-0.05, 0) is 25.0 Å². The van der Waals surface area contributed by atoms with Crippen molar-refractivity contribution in [2.24, 2.45) is 5.73 Å². The number of nitrogens with two attached hydrogens (primary N) is 1. The average molecular weight is 361 g/mol. The second-order valence-electron chi connectivity index (χ2n) is 4.83. The Kier molecular flexibility index (Phi) is 4.91.